The lowest BCUT2D eigenvalue weighted by Gasteiger charge is -2.06. The number of rotatable bonds is 3. The number of nitrogens with one attached hydrogen (secondary N) is 2. The van der Waals surface area contributed by atoms with Crippen molar-refractivity contribution in [3.05, 3.63) is 16.4 Å². The van der Waals surface area contributed by atoms with E-state index < -0.39 is 0 Å². The van der Waals surface area contributed by atoms with Crippen LogP contribution in [-0.4, -0.2) is 23.3 Å². The third-order valence-electron chi connectivity index (χ3n) is 1.62. The van der Waals surface area contributed by atoms with E-state index in [1.165, 1.54) is 0 Å². The van der Waals surface area contributed by atoms with Crippen LogP contribution in [-0.2, 0) is 6.42 Å². The molecule has 2 N–H and O–H groups in total. The summed E-state index contributed by atoms with van der Waals surface area (Å²) >= 11 is 3.28. The number of H-pyrrole nitrogens is 1. The van der Waals surface area contributed by atoms with Gasteiger partial charge in [-0.25, -0.2) is 0 Å². The van der Waals surface area contributed by atoms with Crippen LogP contribution in [0.4, 0.5) is 0 Å². The van der Waals surface area contributed by atoms with E-state index >= 15 is 0 Å². The van der Waals surface area contributed by atoms with Crippen molar-refractivity contribution in [3.63, 3.8) is 0 Å². The molecule has 1 aromatic heterocycles. The van der Waals surface area contributed by atoms with Crippen molar-refractivity contribution >= 4 is 15.9 Å². The first-order valence-electron chi connectivity index (χ1n) is 3.59. The zero-order chi connectivity index (χ0) is 8.27. The predicted molar refractivity (Wildman–Crippen MR) is 48.5 cm³/mol. The summed E-state index contributed by atoms with van der Waals surface area (Å²) in [6, 6.07) is 2.48. The molecule has 11 heavy (non-hydrogen) atoms. The van der Waals surface area contributed by atoms with Gasteiger partial charge in [-0.05, 0) is 36.0 Å². The Hall–Kier alpha value is -0.350. The van der Waals surface area contributed by atoms with Gasteiger partial charge in [-0.15, -0.1) is 0 Å². The number of aromatic amines is 1. The molecule has 0 fully saturated rings. The van der Waals surface area contributed by atoms with Gasteiger partial charge >= 0.3 is 0 Å². The van der Waals surface area contributed by atoms with Gasteiger partial charge in [0.2, 0.25) is 0 Å². The van der Waals surface area contributed by atoms with Crippen LogP contribution in [0.2, 0.25) is 0 Å². The predicted octanol–water partition coefficient (Wildman–Crippen LogP) is 1.32. The maximum Gasteiger partial charge on any atom is 0.128 e. The minimum Gasteiger partial charge on any atom is -0.317 e. The highest BCUT2D eigenvalue weighted by Gasteiger charge is 2.02. The van der Waals surface area contributed by atoms with Crippen molar-refractivity contribution in [2.24, 2.45) is 0 Å². The van der Waals surface area contributed by atoms with Gasteiger partial charge in [-0.3, -0.25) is 5.10 Å². The Morgan fingerprint density at radius 1 is 1.82 bits per heavy atom. The fourth-order valence-corrected chi connectivity index (χ4v) is 1.24. The van der Waals surface area contributed by atoms with Crippen LogP contribution in [0.25, 0.3) is 0 Å². The molecule has 1 rings (SSSR count). The Morgan fingerprint density at radius 2 is 2.55 bits per heavy atom. The number of aromatic nitrogens is 2. The summed E-state index contributed by atoms with van der Waals surface area (Å²) in [4.78, 5) is 0. The first-order valence-corrected chi connectivity index (χ1v) is 4.38. The number of nitrogens with zero attached hydrogens (tertiary/aromatic N) is 1. The second kappa shape index (κ2) is 3.88. The molecular weight excluding hydrogens is 206 g/mol. The van der Waals surface area contributed by atoms with Crippen molar-refractivity contribution in [1.82, 2.24) is 15.5 Å². The highest BCUT2D eigenvalue weighted by molar-refractivity contribution is 9.10. The molecule has 0 radical (unpaired) electrons. The summed E-state index contributed by atoms with van der Waals surface area (Å²) < 4.78 is 0.871. The van der Waals surface area contributed by atoms with Crippen LogP contribution in [0.5, 0.6) is 0 Å². The topological polar surface area (TPSA) is 40.7 Å². The van der Waals surface area contributed by atoms with Crippen LogP contribution in [0.3, 0.4) is 0 Å². The molecule has 0 saturated heterocycles. The van der Waals surface area contributed by atoms with Gasteiger partial charge in [0.05, 0.1) is 0 Å². The zero-order valence-corrected chi connectivity index (χ0v) is 8.27. The molecule has 0 aliphatic rings. The van der Waals surface area contributed by atoms with E-state index in [4.69, 9.17) is 0 Å². The first kappa shape index (κ1) is 8.74. The van der Waals surface area contributed by atoms with Crippen molar-refractivity contribution in [3.8, 4) is 0 Å². The fraction of sp³-hybridized carbons (Fsp3) is 0.571. The highest BCUT2D eigenvalue weighted by Crippen LogP contribution is 2.07. The molecule has 1 heterocycles. The molecule has 1 aromatic rings. The zero-order valence-electron chi connectivity index (χ0n) is 6.69. The van der Waals surface area contributed by atoms with E-state index in [0.29, 0.717) is 6.04 Å². The summed E-state index contributed by atoms with van der Waals surface area (Å²) in [6.45, 7) is 2.13. The largest absolute Gasteiger partial charge is 0.317 e. The molecule has 0 aliphatic carbocycles. The third kappa shape index (κ3) is 2.63. The van der Waals surface area contributed by atoms with E-state index in [-0.39, 0.29) is 0 Å². The van der Waals surface area contributed by atoms with Crippen LogP contribution < -0.4 is 5.32 Å². The van der Waals surface area contributed by atoms with Crippen molar-refractivity contribution < 1.29 is 0 Å². The van der Waals surface area contributed by atoms with Crippen LogP contribution in [0.15, 0.2) is 10.7 Å². The molecule has 0 bridgehead atoms. The van der Waals surface area contributed by atoms with Crippen molar-refractivity contribution in [1.29, 1.82) is 0 Å². The Bertz CT molecular complexity index is 221. The molecule has 0 amide bonds. The molecule has 0 aromatic carbocycles. The normalized spacial score (nSPS) is 13.4. The van der Waals surface area contributed by atoms with Crippen LogP contribution in [0, 0.1) is 0 Å². The van der Waals surface area contributed by atoms with Gasteiger partial charge in [0, 0.05) is 18.2 Å². The quantitative estimate of drug-likeness (QED) is 0.803. The first-order chi connectivity index (χ1) is 5.22. The third-order valence-corrected chi connectivity index (χ3v) is 2.02. The van der Waals surface area contributed by atoms with E-state index in [1.54, 1.807) is 0 Å². The number of hydrogen-bond acceptors (Lipinski definition) is 2. The molecule has 0 saturated carbocycles. The lowest BCUT2D eigenvalue weighted by atomic mass is 10.2. The summed E-state index contributed by atoms with van der Waals surface area (Å²) in [7, 11) is 1.95. The second-order valence-corrected chi connectivity index (χ2v) is 3.42. The van der Waals surface area contributed by atoms with Gasteiger partial charge < -0.3 is 5.32 Å². The van der Waals surface area contributed by atoms with Crippen molar-refractivity contribution in [2.45, 2.75) is 19.4 Å². The number of likely N-dealkylation sites (N-methyl/N-ethyl adjacent to an activating group) is 1. The van der Waals surface area contributed by atoms with E-state index in [0.717, 1.165) is 16.7 Å². The SMILES string of the molecule is CNC(C)Cc1cc(Br)n[nH]1. The van der Waals surface area contributed by atoms with E-state index in [9.17, 15) is 0 Å². The van der Waals surface area contributed by atoms with Gasteiger partial charge in [0.1, 0.15) is 4.60 Å². The smallest absolute Gasteiger partial charge is 0.128 e. The minimum absolute atomic E-state index is 0.488. The maximum atomic E-state index is 3.97. The standard InChI is InChI=1S/C7H12BrN3/c1-5(9-2)3-6-4-7(8)11-10-6/h4-5,9H,3H2,1-2H3,(H,10,11). The van der Waals surface area contributed by atoms with Crippen LogP contribution in [0.1, 0.15) is 12.6 Å². The molecule has 3 nitrogen and oxygen atoms in total. The average molecular weight is 218 g/mol. The molecule has 1 unspecified atom stereocenters. The molecule has 1 atom stereocenters. The maximum absolute atomic E-state index is 3.97. The summed E-state index contributed by atoms with van der Waals surface area (Å²) in [5, 5.41) is 10.1. The van der Waals surface area contributed by atoms with E-state index in [1.807, 2.05) is 13.1 Å². The number of hydrogen-bond donors (Lipinski definition) is 2. The minimum atomic E-state index is 0.488. The van der Waals surface area contributed by atoms with Gasteiger partial charge in [-0.2, -0.15) is 5.10 Å². The van der Waals surface area contributed by atoms with Crippen molar-refractivity contribution in [2.75, 3.05) is 7.05 Å². The Labute approximate surface area is 74.7 Å². The summed E-state index contributed by atoms with van der Waals surface area (Å²) in [5.41, 5.74) is 1.15. The summed E-state index contributed by atoms with van der Waals surface area (Å²) in [5.74, 6) is 0. The lowest BCUT2D eigenvalue weighted by Crippen LogP contribution is -2.23. The molecule has 4 heteroatoms. The Kier molecular flexibility index (Phi) is 3.08. The highest BCUT2D eigenvalue weighted by atomic mass is 79.9. The van der Waals surface area contributed by atoms with Gasteiger partial charge in [0.15, 0.2) is 0 Å². The monoisotopic (exact) mass is 217 g/mol. The second-order valence-electron chi connectivity index (χ2n) is 2.61. The Balaban J connectivity index is 2.50. The molecule has 62 valence electrons. The summed E-state index contributed by atoms with van der Waals surface area (Å²) in [6.07, 6.45) is 0.981. The van der Waals surface area contributed by atoms with Gasteiger partial charge in [0.25, 0.3) is 0 Å². The molecular formula is C7H12BrN3. The average Bonchev–Trinajstić information content (AvgIpc) is 2.35. The lowest BCUT2D eigenvalue weighted by molar-refractivity contribution is 0.600. The van der Waals surface area contributed by atoms with Crippen LogP contribution >= 0.6 is 15.9 Å². The van der Waals surface area contributed by atoms with E-state index in [2.05, 4.69) is 38.4 Å². The molecule has 0 aliphatic heterocycles. The molecule has 0 spiro atoms. The van der Waals surface area contributed by atoms with Gasteiger partial charge in [-0.1, -0.05) is 0 Å². The number of halogens is 1. The Morgan fingerprint density at radius 3 is 3.00 bits per heavy atom. The fourth-order valence-electron chi connectivity index (χ4n) is 0.870.